The Morgan fingerprint density at radius 3 is 2.67 bits per heavy atom. The predicted octanol–water partition coefficient (Wildman–Crippen LogP) is 3.63. The van der Waals surface area contributed by atoms with Gasteiger partial charge < -0.3 is 0 Å². The normalized spacial score (nSPS) is 47.2. The molecule has 0 aromatic heterocycles. The Morgan fingerprint density at radius 1 is 1.17 bits per heavy atom. The highest BCUT2D eigenvalue weighted by molar-refractivity contribution is 5.01. The van der Waals surface area contributed by atoms with Gasteiger partial charge in [-0.05, 0) is 49.9 Å². The maximum absolute atomic E-state index is 2.45. The van der Waals surface area contributed by atoms with Gasteiger partial charge in [0.05, 0.1) is 0 Å². The Bertz CT molecular complexity index is 180. The number of fused-ring (bicyclic) bond motifs is 1. The Kier molecular flexibility index (Phi) is 2.25. The van der Waals surface area contributed by atoms with Gasteiger partial charge in [-0.3, -0.25) is 0 Å². The molecular weight excluding hydrogens is 144 g/mol. The molecule has 0 aromatic carbocycles. The molecule has 2 aliphatic carbocycles. The molecule has 12 heavy (non-hydrogen) atoms. The van der Waals surface area contributed by atoms with Crippen LogP contribution >= 0.6 is 0 Å². The van der Waals surface area contributed by atoms with Crippen LogP contribution in [0.4, 0.5) is 0 Å². The van der Waals surface area contributed by atoms with Crippen molar-refractivity contribution in [2.45, 2.75) is 39.5 Å². The molecule has 0 radical (unpaired) electrons. The van der Waals surface area contributed by atoms with Gasteiger partial charge in [-0.1, -0.05) is 25.5 Å². The van der Waals surface area contributed by atoms with Crippen LogP contribution < -0.4 is 0 Å². The van der Waals surface area contributed by atoms with Crippen LogP contribution in [0.1, 0.15) is 39.5 Å². The van der Waals surface area contributed by atoms with Gasteiger partial charge in [0.15, 0.2) is 0 Å². The Hall–Kier alpha value is -0.260. The van der Waals surface area contributed by atoms with Crippen molar-refractivity contribution in [1.82, 2.24) is 0 Å². The Balaban J connectivity index is 2.09. The summed E-state index contributed by atoms with van der Waals surface area (Å²) in [6.07, 6.45) is 10.7. The molecule has 0 aromatic rings. The summed E-state index contributed by atoms with van der Waals surface area (Å²) >= 11 is 0. The van der Waals surface area contributed by atoms with Crippen molar-refractivity contribution in [3.63, 3.8) is 0 Å². The molecule has 0 heteroatoms. The SMILES string of the molecule is C/C=C\C1CC(C)C2CCCC12. The van der Waals surface area contributed by atoms with Crippen LogP contribution in [0.3, 0.4) is 0 Å². The summed E-state index contributed by atoms with van der Waals surface area (Å²) in [5.74, 6) is 4.05. The third-order valence-corrected chi connectivity index (χ3v) is 3.99. The molecular formula is C12H20. The first-order chi connectivity index (χ1) is 5.83. The number of hydrogen-bond donors (Lipinski definition) is 0. The van der Waals surface area contributed by atoms with Crippen LogP contribution in [0.2, 0.25) is 0 Å². The summed E-state index contributed by atoms with van der Waals surface area (Å²) in [4.78, 5) is 0. The van der Waals surface area contributed by atoms with E-state index in [9.17, 15) is 0 Å². The van der Waals surface area contributed by atoms with Crippen molar-refractivity contribution >= 4 is 0 Å². The van der Waals surface area contributed by atoms with E-state index in [1.165, 1.54) is 25.7 Å². The van der Waals surface area contributed by atoms with E-state index in [0.29, 0.717) is 0 Å². The van der Waals surface area contributed by atoms with Gasteiger partial charge in [0.2, 0.25) is 0 Å². The number of allylic oxidation sites excluding steroid dienone is 2. The van der Waals surface area contributed by atoms with E-state index in [1.807, 2.05) is 0 Å². The van der Waals surface area contributed by atoms with Gasteiger partial charge in [-0.2, -0.15) is 0 Å². The minimum atomic E-state index is 0.928. The fraction of sp³-hybridized carbons (Fsp3) is 0.833. The molecule has 0 spiro atoms. The van der Waals surface area contributed by atoms with Crippen molar-refractivity contribution in [2.24, 2.45) is 23.7 Å². The van der Waals surface area contributed by atoms with Crippen LogP contribution in [-0.2, 0) is 0 Å². The lowest BCUT2D eigenvalue weighted by molar-refractivity contribution is 0.363. The van der Waals surface area contributed by atoms with Gasteiger partial charge in [0.25, 0.3) is 0 Å². The minimum absolute atomic E-state index is 0.928. The van der Waals surface area contributed by atoms with Crippen LogP contribution in [-0.4, -0.2) is 0 Å². The zero-order valence-electron chi connectivity index (χ0n) is 8.29. The lowest BCUT2D eigenvalue weighted by atomic mass is 9.91. The molecule has 0 amide bonds. The first-order valence-corrected chi connectivity index (χ1v) is 5.45. The maximum atomic E-state index is 2.45. The Morgan fingerprint density at radius 2 is 1.92 bits per heavy atom. The second-order valence-corrected chi connectivity index (χ2v) is 4.66. The van der Waals surface area contributed by atoms with Crippen molar-refractivity contribution in [3.05, 3.63) is 12.2 Å². The second-order valence-electron chi connectivity index (χ2n) is 4.66. The highest BCUT2D eigenvalue weighted by Crippen LogP contribution is 2.51. The van der Waals surface area contributed by atoms with E-state index in [0.717, 1.165) is 23.7 Å². The molecule has 68 valence electrons. The smallest absolute Gasteiger partial charge is 0.0200 e. The fourth-order valence-electron chi connectivity index (χ4n) is 3.50. The quantitative estimate of drug-likeness (QED) is 0.519. The minimum Gasteiger partial charge on any atom is -0.0914 e. The summed E-state index contributed by atoms with van der Waals surface area (Å²) in [5, 5.41) is 0. The molecule has 2 rings (SSSR count). The average molecular weight is 164 g/mol. The molecule has 2 fully saturated rings. The van der Waals surface area contributed by atoms with Crippen molar-refractivity contribution in [1.29, 1.82) is 0 Å². The van der Waals surface area contributed by atoms with E-state index in [-0.39, 0.29) is 0 Å². The standard InChI is InChI=1S/C12H20/c1-3-5-10-8-9(2)11-6-4-7-12(10)11/h3,5,9-12H,4,6-8H2,1-2H3/b5-3-. The Labute approximate surface area is 76.1 Å². The van der Waals surface area contributed by atoms with Crippen LogP contribution in [0, 0.1) is 23.7 Å². The zero-order valence-corrected chi connectivity index (χ0v) is 8.29. The molecule has 4 unspecified atom stereocenters. The first-order valence-electron chi connectivity index (χ1n) is 5.45. The third-order valence-electron chi connectivity index (χ3n) is 3.99. The lowest BCUT2D eigenvalue weighted by Crippen LogP contribution is -2.08. The van der Waals surface area contributed by atoms with E-state index in [1.54, 1.807) is 0 Å². The summed E-state index contributed by atoms with van der Waals surface area (Å²) in [5.41, 5.74) is 0. The van der Waals surface area contributed by atoms with Crippen LogP contribution in [0.15, 0.2) is 12.2 Å². The maximum Gasteiger partial charge on any atom is -0.0200 e. The summed E-state index contributed by atoms with van der Waals surface area (Å²) in [6, 6.07) is 0. The van der Waals surface area contributed by atoms with Crippen molar-refractivity contribution < 1.29 is 0 Å². The predicted molar refractivity (Wildman–Crippen MR) is 52.9 cm³/mol. The molecule has 2 saturated carbocycles. The highest BCUT2D eigenvalue weighted by Gasteiger charge is 2.41. The molecule has 0 N–H and O–H groups in total. The number of rotatable bonds is 1. The van der Waals surface area contributed by atoms with E-state index in [4.69, 9.17) is 0 Å². The van der Waals surface area contributed by atoms with Crippen LogP contribution in [0.5, 0.6) is 0 Å². The molecule has 0 saturated heterocycles. The third kappa shape index (κ3) is 1.22. The van der Waals surface area contributed by atoms with Gasteiger partial charge in [-0.25, -0.2) is 0 Å². The van der Waals surface area contributed by atoms with E-state index in [2.05, 4.69) is 26.0 Å². The molecule has 2 aliphatic rings. The number of hydrogen-bond acceptors (Lipinski definition) is 0. The zero-order chi connectivity index (χ0) is 8.55. The summed E-state index contributed by atoms with van der Waals surface area (Å²) in [6.45, 7) is 4.61. The molecule has 4 atom stereocenters. The topological polar surface area (TPSA) is 0 Å². The largest absolute Gasteiger partial charge is 0.0914 e. The van der Waals surface area contributed by atoms with Crippen molar-refractivity contribution in [3.8, 4) is 0 Å². The molecule has 0 bridgehead atoms. The van der Waals surface area contributed by atoms with Gasteiger partial charge in [0.1, 0.15) is 0 Å². The van der Waals surface area contributed by atoms with Gasteiger partial charge >= 0.3 is 0 Å². The van der Waals surface area contributed by atoms with Crippen molar-refractivity contribution in [2.75, 3.05) is 0 Å². The lowest BCUT2D eigenvalue weighted by Gasteiger charge is -2.14. The fourth-order valence-corrected chi connectivity index (χ4v) is 3.50. The van der Waals surface area contributed by atoms with E-state index < -0.39 is 0 Å². The second kappa shape index (κ2) is 3.24. The van der Waals surface area contributed by atoms with Crippen LogP contribution in [0.25, 0.3) is 0 Å². The van der Waals surface area contributed by atoms with Gasteiger partial charge in [0, 0.05) is 0 Å². The molecule has 0 heterocycles. The summed E-state index contributed by atoms with van der Waals surface area (Å²) in [7, 11) is 0. The first kappa shape index (κ1) is 8.34. The summed E-state index contributed by atoms with van der Waals surface area (Å²) < 4.78 is 0. The van der Waals surface area contributed by atoms with Gasteiger partial charge in [-0.15, -0.1) is 0 Å². The van der Waals surface area contributed by atoms with E-state index >= 15 is 0 Å². The molecule has 0 nitrogen and oxygen atoms in total. The molecule has 0 aliphatic heterocycles. The monoisotopic (exact) mass is 164 g/mol. The highest BCUT2D eigenvalue weighted by atomic mass is 14.5. The average Bonchev–Trinajstić information content (AvgIpc) is 2.58.